The predicted octanol–water partition coefficient (Wildman–Crippen LogP) is 7.83. The average Bonchev–Trinajstić information content (AvgIpc) is 2.80. The molecule has 6 rings (SSSR count). The first-order valence-corrected chi connectivity index (χ1v) is 13.1. The lowest BCUT2D eigenvalue weighted by Gasteiger charge is -2.52. The van der Waals surface area contributed by atoms with Crippen LogP contribution in [0.2, 0.25) is 0 Å². The second kappa shape index (κ2) is 9.91. The Labute approximate surface area is 197 Å². The molecule has 0 atom stereocenters. The number of allylic oxidation sites excluding steroid dienone is 1. The Kier molecular flexibility index (Phi) is 6.78. The van der Waals surface area contributed by atoms with Crippen molar-refractivity contribution in [2.24, 2.45) is 23.7 Å². The van der Waals surface area contributed by atoms with Crippen LogP contribution in [0.5, 0.6) is 11.5 Å². The summed E-state index contributed by atoms with van der Waals surface area (Å²) in [6.45, 7) is 0.764. The van der Waals surface area contributed by atoms with Crippen molar-refractivity contribution < 1.29 is 9.84 Å². The molecular weight excluding hydrogens is 416 g/mol. The van der Waals surface area contributed by atoms with E-state index in [9.17, 15) is 5.11 Å². The third kappa shape index (κ3) is 4.71. The average molecular weight is 451 g/mol. The van der Waals surface area contributed by atoms with E-state index in [-0.39, 0.29) is 0 Å². The van der Waals surface area contributed by atoms with Crippen LogP contribution >= 0.6 is 11.6 Å². The van der Waals surface area contributed by atoms with Crippen LogP contribution in [-0.4, -0.2) is 17.6 Å². The number of rotatable bonds is 9. The van der Waals surface area contributed by atoms with Crippen LogP contribution in [0.4, 0.5) is 0 Å². The van der Waals surface area contributed by atoms with Crippen molar-refractivity contribution in [2.75, 3.05) is 12.5 Å². The quantitative estimate of drug-likeness (QED) is 0.311. The topological polar surface area (TPSA) is 29.5 Å². The molecule has 2 aromatic rings. The maximum absolute atomic E-state index is 9.87. The summed E-state index contributed by atoms with van der Waals surface area (Å²) in [6, 6.07) is 16.6. The number of halogens is 1. The van der Waals surface area contributed by atoms with Gasteiger partial charge in [0.2, 0.25) is 0 Å². The molecule has 4 aliphatic rings. The number of alkyl halides is 1. The van der Waals surface area contributed by atoms with Gasteiger partial charge in [-0.25, -0.2) is 0 Å². The molecule has 170 valence electrons. The van der Waals surface area contributed by atoms with Crippen LogP contribution in [0, 0.1) is 23.7 Å². The number of benzene rings is 2. The Hall–Kier alpha value is -1.93. The fraction of sp³-hybridized carbons (Fsp3) is 0.517. The largest absolute Gasteiger partial charge is 0.508 e. The van der Waals surface area contributed by atoms with E-state index < -0.39 is 0 Å². The van der Waals surface area contributed by atoms with E-state index in [1.165, 1.54) is 61.6 Å². The Morgan fingerprint density at radius 1 is 0.750 bits per heavy atom. The molecule has 0 aliphatic heterocycles. The molecule has 3 heteroatoms. The highest BCUT2D eigenvalue weighted by Crippen LogP contribution is 2.58. The summed E-state index contributed by atoms with van der Waals surface area (Å²) in [5.74, 6) is 5.40. The van der Waals surface area contributed by atoms with Gasteiger partial charge in [-0.1, -0.05) is 42.7 Å². The predicted molar refractivity (Wildman–Crippen MR) is 132 cm³/mol. The smallest absolute Gasteiger partial charge is 0.119 e. The first kappa shape index (κ1) is 21.9. The maximum atomic E-state index is 9.87. The number of hydrogen-bond acceptors (Lipinski definition) is 2. The summed E-state index contributed by atoms with van der Waals surface area (Å²) >= 11 is 5.75. The Morgan fingerprint density at radius 3 is 1.91 bits per heavy atom. The number of aromatic hydroxyl groups is 1. The zero-order chi connectivity index (χ0) is 21.9. The highest BCUT2D eigenvalue weighted by Gasteiger charge is 2.46. The fourth-order valence-electron chi connectivity index (χ4n) is 6.69. The standard InChI is InChI=1S/C29H35ClO2/c30-13-3-1-2-4-14-32-27-11-7-23(8-12-27)28(22-5-9-26(31)10-6-22)29-24-16-20-15-21(18-24)19-25(29)17-20/h5-12,20-21,24-25,31H,1-4,13-19H2. The summed E-state index contributed by atoms with van der Waals surface area (Å²) in [7, 11) is 0. The molecule has 4 saturated carbocycles. The Balaban J connectivity index is 1.39. The van der Waals surface area contributed by atoms with Crippen LogP contribution in [0.15, 0.2) is 54.1 Å². The monoisotopic (exact) mass is 450 g/mol. The number of ether oxygens (including phenoxy) is 1. The van der Waals surface area contributed by atoms with E-state index in [1.807, 2.05) is 12.1 Å². The van der Waals surface area contributed by atoms with Gasteiger partial charge in [0.1, 0.15) is 11.5 Å². The Morgan fingerprint density at radius 2 is 1.31 bits per heavy atom. The van der Waals surface area contributed by atoms with Crippen LogP contribution in [-0.2, 0) is 0 Å². The molecule has 1 N–H and O–H groups in total. The van der Waals surface area contributed by atoms with Gasteiger partial charge in [-0.3, -0.25) is 0 Å². The molecule has 0 saturated heterocycles. The van der Waals surface area contributed by atoms with Crippen molar-refractivity contribution in [2.45, 2.75) is 57.8 Å². The lowest BCUT2D eigenvalue weighted by Crippen LogP contribution is -2.40. The molecule has 0 aromatic heterocycles. The normalized spacial score (nSPS) is 25.8. The zero-order valence-corrected chi connectivity index (χ0v) is 19.7. The highest BCUT2D eigenvalue weighted by molar-refractivity contribution is 6.17. The van der Waals surface area contributed by atoms with E-state index in [0.717, 1.165) is 54.7 Å². The SMILES string of the molecule is Oc1ccc(C(=C2C3CC4CC(C3)CC2C4)c2ccc(OCCCCCCCl)cc2)cc1. The molecule has 32 heavy (non-hydrogen) atoms. The second-order valence-corrected chi connectivity index (χ2v) is 10.5. The van der Waals surface area contributed by atoms with Crippen LogP contribution in [0.1, 0.15) is 68.9 Å². The van der Waals surface area contributed by atoms with E-state index in [4.69, 9.17) is 16.3 Å². The summed E-state index contributed by atoms with van der Waals surface area (Å²) in [6.07, 6.45) is 11.5. The number of hydrogen-bond donors (Lipinski definition) is 1. The summed E-state index contributed by atoms with van der Waals surface area (Å²) in [5.41, 5.74) is 5.62. The minimum absolute atomic E-state index is 0.331. The van der Waals surface area contributed by atoms with Crippen molar-refractivity contribution in [3.63, 3.8) is 0 Å². The molecule has 0 heterocycles. The van der Waals surface area contributed by atoms with Crippen molar-refractivity contribution in [1.82, 2.24) is 0 Å². The number of unbranched alkanes of at least 4 members (excludes halogenated alkanes) is 3. The minimum atomic E-state index is 0.331. The van der Waals surface area contributed by atoms with Gasteiger partial charge in [0.25, 0.3) is 0 Å². The van der Waals surface area contributed by atoms with Crippen LogP contribution < -0.4 is 4.74 Å². The molecule has 0 unspecified atom stereocenters. The summed E-state index contributed by atoms with van der Waals surface area (Å²) in [4.78, 5) is 0. The molecular formula is C29H35ClO2. The number of phenolic OH excluding ortho intramolecular Hbond substituents is 1. The lowest BCUT2D eigenvalue weighted by atomic mass is 9.53. The van der Waals surface area contributed by atoms with E-state index >= 15 is 0 Å². The first-order valence-electron chi connectivity index (χ1n) is 12.5. The van der Waals surface area contributed by atoms with Gasteiger partial charge in [0, 0.05) is 5.88 Å². The molecule has 4 bridgehead atoms. The van der Waals surface area contributed by atoms with Crippen molar-refractivity contribution >= 4 is 17.2 Å². The molecule has 4 fully saturated rings. The maximum Gasteiger partial charge on any atom is 0.119 e. The molecule has 4 aliphatic carbocycles. The summed E-state index contributed by atoms with van der Waals surface area (Å²) in [5, 5.41) is 9.87. The molecule has 2 nitrogen and oxygen atoms in total. The highest BCUT2D eigenvalue weighted by atomic mass is 35.5. The van der Waals surface area contributed by atoms with E-state index in [2.05, 4.69) is 36.4 Å². The summed E-state index contributed by atoms with van der Waals surface area (Å²) < 4.78 is 6.00. The minimum Gasteiger partial charge on any atom is -0.508 e. The van der Waals surface area contributed by atoms with Gasteiger partial charge >= 0.3 is 0 Å². The molecule has 2 aromatic carbocycles. The van der Waals surface area contributed by atoms with Gasteiger partial charge in [0.15, 0.2) is 0 Å². The zero-order valence-electron chi connectivity index (χ0n) is 18.9. The molecule has 0 spiro atoms. The van der Waals surface area contributed by atoms with Crippen LogP contribution in [0.25, 0.3) is 5.57 Å². The van der Waals surface area contributed by atoms with Gasteiger partial charge in [-0.2, -0.15) is 0 Å². The third-order valence-corrected chi connectivity index (χ3v) is 8.17. The van der Waals surface area contributed by atoms with Crippen molar-refractivity contribution in [3.05, 3.63) is 65.2 Å². The molecule has 0 amide bonds. The Bertz CT molecular complexity index is 899. The van der Waals surface area contributed by atoms with Gasteiger partial charge < -0.3 is 9.84 Å². The van der Waals surface area contributed by atoms with Crippen molar-refractivity contribution in [1.29, 1.82) is 0 Å². The molecule has 0 radical (unpaired) electrons. The second-order valence-electron chi connectivity index (χ2n) is 10.2. The number of phenols is 1. The lowest BCUT2D eigenvalue weighted by molar-refractivity contribution is 0.0705. The van der Waals surface area contributed by atoms with Gasteiger partial charge in [0.05, 0.1) is 6.61 Å². The first-order chi connectivity index (χ1) is 15.7. The fourth-order valence-corrected chi connectivity index (χ4v) is 6.88. The van der Waals surface area contributed by atoms with Crippen molar-refractivity contribution in [3.8, 4) is 11.5 Å². The third-order valence-electron chi connectivity index (χ3n) is 7.90. The van der Waals surface area contributed by atoms with Gasteiger partial charge in [-0.15, -0.1) is 11.6 Å². The van der Waals surface area contributed by atoms with E-state index in [1.54, 1.807) is 5.57 Å². The van der Waals surface area contributed by atoms with Gasteiger partial charge in [-0.05, 0) is 110 Å². The van der Waals surface area contributed by atoms with Crippen LogP contribution in [0.3, 0.4) is 0 Å². The van der Waals surface area contributed by atoms with E-state index in [0.29, 0.717) is 5.75 Å².